The van der Waals surface area contributed by atoms with Gasteiger partial charge in [0.25, 0.3) is 0 Å². The topological polar surface area (TPSA) is 18.5 Å². The maximum atomic E-state index is 14.5. The van der Waals surface area contributed by atoms with Gasteiger partial charge in [0.1, 0.15) is 22.9 Å². The van der Waals surface area contributed by atoms with Gasteiger partial charge in [0.2, 0.25) is 0 Å². The van der Waals surface area contributed by atoms with Gasteiger partial charge in [0.15, 0.2) is 17.4 Å². The molecule has 0 aliphatic heterocycles. The fourth-order valence-corrected chi connectivity index (χ4v) is 3.16. The Morgan fingerprint density at radius 1 is 0.774 bits per heavy atom. The Kier molecular flexibility index (Phi) is 6.48. The molecule has 0 saturated heterocycles. The highest BCUT2D eigenvalue weighted by molar-refractivity contribution is 5.64. The molecule has 0 aliphatic rings. The fourth-order valence-electron chi connectivity index (χ4n) is 3.16. The summed E-state index contributed by atoms with van der Waals surface area (Å²) < 4.78 is 94.2. The first-order chi connectivity index (χ1) is 14.7. The smallest absolute Gasteiger partial charge is 0.432 e. The van der Waals surface area contributed by atoms with E-state index in [-0.39, 0.29) is 5.56 Å². The van der Waals surface area contributed by atoms with Crippen LogP contribution in [-0.4, -0.2) is 7.11 Å². The highest BCUT2D eigenvalue weighted by Gasteiger charge is 2.41. The molecule has 0 aliphatic carbocycles. The van der Waals surface area contributed by atoms with Crippen molar-refractivity contribution in [3.63, 3.8) is 0 Å². The van der Waals surface area contributed by atoms with Crippen LogP contribution in [0.5, 0.6) is 11.5 Å². The van der Waals surface area contributed by atoms with E-state index in [1.165, 1.54) is 0 Å². The van der Waals surface area contributed by atoms with E-state index in [4.69, 9.17) is 0 Å². The van der Waals surface area contributed by atoms with E-state index in [2.05, 4.69) is 9.47 Å². The molecule has 0 unspecified atom stereocenters. The van der Waals surface area contributed by atoms with Crippen molar-refractivity contribution in [1.82, 2.24) is 0 Å². The van der Waals surface area contributed by atoms with Crippen molar-refractivity contribution in [2.75, 3.05) is 7.11 Å². The predicted molar refractivity (Wildman–Crippen MR) is 103 cm³/mol. The van der Waals surface area contributed by atoms with Gasteiger partial charge in [0.05, 0.1) is 7.11 Å². The third-order valence-electron chi connectivity index (χ3n) is 4.58. The van der Waals surface area contributed by atoms with Crippen molar-refractivity contribution in [2.45, 2.75) is 25.9 Å². The van der Waals surface area contributed by atoms with Gasteiger partial charge in [0, 0.05) is 12.1 Å². The van der Waals surface area contributed by atoms with E-state index < -0.39 is 46.4 Å². The number of methoxy groups -OCH3 is 1. The molecule has 3 aromatic rings. The summed E-state index contributed by atoms with van der Waals surface area (Å²) in [5.74, 6) is -7.51. The van der Waals surface area contributed by atoms with Crippen molar-refractivity contribution in [1.29, 1.82) is 0 Å². The lowest BCUT2D eigenvalue weighted by atomic mass is 10.00. The van der Waals surface area contributed by atoms with Gasteiger partial charge in [-0.15, -0.1) is 0 Å². The van der Waals surface area contributed by atoms with Crippen LogP contribution in [0.1, 0.15) is 24.5 Å². The first-order valence-corrected chi connectivity index (χ1v) is 9.35. The summed E-state index contributed by atoms with van der Waals surface area (Å²) >= 11 is 0. The Labute approximate surface area is 175 Å². The lowest BCUT2D eigenvalue weighted by Gasteiger charge is -2.20. The second-order valence-electron chi connectivity index (χ2n) is 6.80. The third-order valence-corrected chi connectivity index (χ3v) is 4.58. The number of halogens is 6. The Hall–Kier alpha value is -3.16. The Morgan fingerprint density at radius 3 is 1.81 bits per heavy atom. The second-order valence-corrected chi connectivity index (χ2v) is 6.80. The van der Waals surface area contributed by atoms with Gasteiger partial charge >= 0.3 is 6.11 Å². The molecular weight excluding hydrogens is 422 g/mol. The van der Waals surface area contributed by atoms with Crippen LogP contribution in [0.4, 0.5) is 26.3 Å². The van der Waals surface area contributed by atoms with Gasteiger partial charge < -0.3 is 9.47 Å². The number of benzene rings is 3. The molecule has 0 fully saturated rings. The number of hydrogen-bond donors (Lipinski definition) is 0. The van der Waals surface area contributed by atoms with Crippen molar-refractivity contribution in [2.24, 2.45) is 0 Å². The minimum atomic E-state index is -4.54. The van der Waals surface area contributed by atoms with Gasteiger partial charge in [-0.25, -0.2) is 17.6 Å². The molecule has 31 heavy (non-hydrogen) atoms. The zero-order chi connectivity index (χ0) is 22.8. The number of rotatable bonds is 7. The first kappa shape index (κ1) is 22.5. The molecule has 0 heterocycles. The number of hydrogen-bond acceptors (Lipinski definition) is 2. The van der Waals surface area contributed by atoms with E-state index in [9.17, 15) is 26.3 Å². The molecule has 3 rings (SSSR count). The van der Waals surface area contributed by atoms with Crippen LogP contribution in [0.15, 0.2) is 48.5 Å². The van der Waals surface area contributed by atoms with Gasteiger partial charge in [-0.05, 0) is 35.2 Å². The largest absolute Gasteiger partial charge is 0.491 e. The van der Waals surface area contributed by atoms with Crippen LogP contribution in [0, 0.1) is 23.3 Å². The monoisotopic (exact) mass is 440 g/mol. The summed E-state index contributed by atoms with van der Waals surface area (Å²) in [5.41, 5.74) is -0.148. The van der Waals surface area contributed by atoms with Gasteiger partial charge in [-0.2, -0.15) is 8.78 Å². The van der Waals surface area contributed by atoms with Crippen molar-refractivity contribution in [3.8, 4) is 22.6 Å². The SMILES string of the molecule is CCCc1ccc(-c2cc(F)c(C(F)(F)Oc3cc(F)c(OC)c(F)c3)c(F)c2)cc1. The molecular formula is C23H18F6O2. The molecule has 0 bridgehead atoms. The zero-order valence-corrected chi connectivity index (χ0v) is 16.6. The average Bonchev–Trinajstić information content (AvgIpc) is 2.67. The Balaban J connectivity index is 1.93. The molecule has 0 amide bonds. The maximum Gasteiger partial charge on any atom is 0.432 e. The highest BCUT2D eigenvalue weighted by atomic mass is 19.3. The van der Waals surface area contributed by atoms with Crippen molar-refractivity contribution in [3.05, 3.63) is 82.9 Å². The standard InChI is InChI=1S/C23H18F6O2/c1-3-4-13-5-7-14(8-6-13)15-9-17(24)21(18(25)10-15)23(28,29)31-16-11-19(26)22(30-2)20(27)12-16/h5-12H,3-4H2,1-2H3. The maximum absolute atomic E-state index is 14.5. The summed E-state index contributed by atoms with van der Waals surface area (Å²) in [4.78, 5) is 0. The van der Waals surface area contributed by atoms with Crippen LogP contribution in [0.3, 0.4) is 0 Å². The zero-order valence-electron chi connectivity index (χ0n) is 16.6. The normalized spacial score (nSPS) is 11.5. The molecule has 0 atom stereocenters. The molecule has 0 aromatic heterocycles. The van der Waals surface area contributed by atoms with E-state index in [0.717, 1.165) is 37.6 Å². The Bertz CT molecular complexity index is 1030. The van der Waals surface area contributed by atoms with Crippen LogP contribution >= 0.6 is 0 Å². The summed E-state index contributed by atoms with van der Waals surface area (Å²) in [7, 11) is 0.986. The molecule has 0 spiro atoms. The fraction of sp³-hybridized carbons (Fsp3) is 0.217. The molecule has 2 nitrogen and oxygen atoms in total. The van der Waals surface area contributed by atoms with Crippen LogP contribution in [-0.2, 0) is 12.5 Å². The molecule has 8 heteroatoms. The lowest BCUT2D eigenvalue weighted by molar-refractivity contribution is -0.189. The third kappa shape index (κ3) is 4.78. The summed E-state index contributed by atoms with van der Waals surface area (Å²) in [6.45, 7) is 2.01. The minimum absolute atomic E-state index is 0.0548. The van der Waals surface area contributed by atoms with E-state index in [1.54, 1.807) is 24.3 Å². The summed E-state index contributed by atoms with van der Waals surface area (Å²) in [6.07, 6.45) is -2.78. The number of ether oxygens (including phenoxy) is 2. The van der Waals surface area contributed by atoms with E-state index in [1.807, 2.05) is 6.92 Å². The summed E-state index contributed by atoms with van der Waals surface area (Å²) in [6, 6.07) is 9.20. The summed E-state index contributed by atoms with van der Waals surface area (Å²) in [5, 5.41) is 0. The molecule has 0 radical (unpaired) electrons. The predicted octanol–water partition coefficient (Wildman–Crippen LogP) is 7.00. The quantitative estimate of drug-likeness (QED) is 0.368. The highest BCUT2D eigenvalue weighted by Crippen LogP contribution is 2.38. The Morgan fingerprint density at radius 2 is 1.32 bits per heavy atom. The second kappa shape index (κ2) is 8.91. The van der Waals surface area contributed by atoms with Crippen LogP contribution < -0.4 is 9.47 Å². The van der Waals surface area contributed by atoms with Gasteiger partial charge in [-0.1, -0.05) is 37.6 Å². The molecule has 0 saturated carbocycles. The first-order valence-electron chi connectivity index (χ1n) is 9.35. The van der Waals surface area contributed by atoms with E-state index in [0.29, 0.717) is 17.7 Å². The van der Waals surface area contributed by atoms with E-state index >= 15 is 0 Å². The molecule has 0 N–H and O–H groups in total. The van der Waals surface area contributed by atoms with Crippen LogP contribution in [0.2, 0.25) is 0 Å². The van der Waals surface area contributed by atoms with Crippen LogP contribution in [0.25, 0.3) is 11.1 Å². The molecule has 164 valence electrons. The minimum Gasteiger partial charge on any atom is -0.491 e. The van der Waals surface area contributed by atoms with Gasteiger partial charge in [-0.3, -0.25) is 0 Å². The van der Waals surface area contributed by atoms with Crippen molar-refractivity contribution >= 4 is 0 Å². The number of aryl methyl sites for hydroxylation is 1. The molecule has 3 aromatic carbocycles. The average molecular weight is 440 g/mol. The van der Waals surface area contributed by atoms with Crippen molar-refractivity contribution < 1.29 is 35.8 Å². The number of alkyl halides is 2. The lowest BCUT2D eigenvalue weighted by Crippen LogP contribution is -2.25.